The molecule has 1 unspecified atom stereocenters. The summed E-state index contributed by atoms with van der Waals surface area (Å²) in [6, 6.07) is 11.4. The van der Waals surface area contributed by atoms with E-state index in [0.29, 0.717) is 6.04 Å². The molecule has 0 saturated carbocycles. The Labute approximate surface area is 121 Å². The van der Waals surface area contributed by atoms with Crippen LogP contribution in [-0.4, -0.2) is 7.05 Å². The molecule has 0 spiro atoms. The fraction of sp³-hybridized carbons (Fsp3) is 0.333. The van der Waals surface area contributed by atoms with Crippen LogP contribution < -0.4 is 5.32 Å². The van der Waals surface area contributed by atoms with Gasteiger partial charge < -0.3 is 5.32 Å². The fourth-order valence-corrected chi connectivity index (χ4v) is 3.51. The summed E-state index contributed by atoms with van der Waals surface area (Å²) < 4.78 is 1.16. The first-order valence-corrected chi connectivity index (χ1v) is 7.82. The summed E-state index contributed by atoms with van der Waals surface area (Å²) in [6.07, 6.45) is 1.06. The molecule has 2 aromatic rings. The molecule has 1 nitrogen and oxygen atoms in total. The molecule has 0 saturated heterocycles. The van der Waals surface area contributed by atoms with Crippen molar-refractivity contribution < 1.29 is 0 Å². The Balaban J connectivity index is 2.39. The molecule has 1 atom stereocenters. The summed E-state index contributed by atoms with van der Waals surface area (Å²) in [4.78, 5) is 2.74. The first kappa shape index (κ1) is 13.8. The molecule has 0 aliphatic carbocycles. The normalized spacial score (nSPS) is 12.7. The van der Waals surface area contributed by atoms with Crippen molar-refractivity contribution in [1.29, 1.82) is 0 Å². The van der Waals surface area contributed by atoms with E-state index in [2.05, 4.69) is 65.4 Å². The molecular weight excluding hydrogens is 306 g/mol. The third-order valence-electron chi connectivity index (χ3n) is 3.20. The average molecular weight is 324 g/mol. The van der Waals surface area contributed by atoms with Crippen molar-refractivity contribution >= 4 is 27.3 Å². The molecule has 1 aromatic carbocycles. The molecule has 0 radical (unpaired) electrons. The molecule has 3 heteroatoms. The largest absolute Gasteiger partial charge is 0.313 e. The van der Waals surface area contributed by atoms with Crippen LogP contribution in [0, 0.1) is 0 Å². The van der Waals surface area contributed by atoms with Crippen LogP contribution in [0.3, 0.4) is 0 Å². The van der Waals surface area contributed by atoms with Crippen molar-refractivity contribution in [2.75, 3.05) is 7.05 Å². The van der Waals surface area contributed by atoms with Gasteiger partial charge in [-0.25, -0.2) is 0 Å². The zero-order valence-electron chi connectivity index (χ0n) is 11.0. The molecule has 0 bridgehead atoms. The molecule has 1 heterocycles. The lowest BCUT2D eigenvalue weighted by atomic mass is 10.0. The van der Waals surface area contributed by atoms with Crippen LogP contribution in [0.1, 0.15) is 30.3 Å². The van der Waals surface area contributed by atoms with Gasteiger partial charge in [-0.3, -0.25) is 0 Å². The first-order valence-electron chi connectivity index (χ1n) is 6.21. The van der Waals surface area contributed by atoms with Gasteiger partial charge in [0.05, 0.1) is 0 Å². The zero-order chi connectivity index (χ0) is 13.1. The van der Waals surface area contributed by atoms with Crippen LogP contribution in [-0.2, 0) is 6.42 Å². The Morgan fingerprint density at radius 1 is 1.28 bits per heavy atom. The predicted molar refractivity (Wildman–Crippen MR) is 84.3 cm³/mol. The first-order chi connectivity index (χ1) is 8.65. The van der Waals surface area contributed by atoms with Gasteiger partial charge in [0.1, 0.15) is 0 Å². The topological polar surface area (TPSA) is 12.0 Å². The van der Waals surface area contributed by atoms with Gasteiger partial charge in [-0.05, 0) is 55.8 Å². The number of rotatable bonds is 4. The lowest BCUT2D eigenvalue weighted by Crippen LogP contribution is -2.10. The van der Waals surface area contributed by atoms with E-state index in [1.807, 2.05) is 18.4 Å². The summed E-state index contributed by atoms with van der Waals surface area (Å²) in [6.45, 7) is 4.40. The SMILES string of the molecule is CCc1cc(Br)ccc1-c1ccc(C(C)NC)s1. The summed E-state index contributed by atoms with van der Waals surface area (Å²) >= 11 is 5.42. The number of hydrogen-bond donors (Lipinski definition) is 1. The highest BCUT2D eigenvalue weighted by Gasteiger charge is 2.10. The van der Waals surface area contributed by atoms with E-state index in [-0.39, 0.29) is 0 Å². The van der Waals surface area contributed by atoms with Crippen molar-refractivity contribution in [3.8, 4) is 10.4 Å². The van der Waals surface area contributed by atoms with E-state index in [4.69, 9.17) is 0 Å². The van der Waals surface area contributed by atoms with Gasteiger partial charge in [0.2, 0.25) is 0 Å². The average Bonchev–Trinajstić information content (AvgIpc) is 2.87. The van der Waals surface area contributed by atoms with Crippen LogP contribution in [0.15, 0.2) is 34.8 Å². The highest BCUT2D eigenvalue weighted by molar-refractivity contribution is 9.10. The molecular formula is C15H18BrNS. The zero-order valence-corrected chi connectivity index (χ0v) is 13.4. The maximum Gasteiger partial charge on any atom is 0.0383 e. The van der Waals surface area contributed by atoms with Gasteiger partial charge in [0.15, 0.2) is 0 Å². The number of nitrogens with one attached hydrogen (secondary N) is 1. The number of halogens is 1. The number of aryl methyl sites for hydroxylation is 1. The summed E-state index contributed by atoms with van der Waals surface area (Å²) in [5.74, 6) is 0. The molecule has 1 N–H and O–H groups in total. The Morgan fingerprint density at radius 3 is 2.72 bits per heavy atom. The third kappa shape index (κ3) is 2.85. The lowest BCUT2D eigenvalue weighted by Gasteiger charge is -2.08. The van der Waals surface area contributed by atoms with Gasteiger partial charge in [0.25, 0.3) is 0 Å². The minimum absolute atomic E-state index is 0.421. The molecule has 0 aliphatic heterocycles. The van der Waals surface area contributed by atoms with Crippen LogP contribution in [0.4, 0.5) is 0 Å². The van der Waals surface area contributed by atoms with Crippen LogP contribution >= 0.6 is 27.3 Å². The Bertz CT molecular complexity index is 533. The predicted octanol–water partition coefficient (Wildman–Crippen LogP) is 5.02. The maximum atomic E-state index is 3.54. The van der Waals surface area contributed by atoms with Gasteiger partial charge >= 0.3 is 0 Å². The second-order valence-corrected chi connectivity index (χ2v) is 6.40. The quantitative estimate of drug-likeness (QED) is 0.832. The summed E-state index contributed by atoms with van der Waals surface area (Å²) in [5.41, 5.74) is 2.76. The van der Waals surface area contributed by atoms with Crippen molar-refractivity contribution in [1.82, 2.24) is 5.32 Å². The second kappa shape index (κ2) is 6.00. The van der Waals surface area contributed by atoms with E-state index in [9.17, 15) is 0 Å². The molecule has 0 aliphatic rings. The number of benzene rings is 1. The van der Waals surface area contributed by atoms with Crippen molar-refractivity contribution in [3.63, 3.8) is 0 Å². The Morgan fingerprint density at radius 2 is 2.06 bits per heavy atom. The van der Waals surface area contributed by atoms with Crippen LogP contribution in [0.5, 0.6) is 0 Å². The minimum atomic E-state index is 0.421. The van der Waals surface area contributed by atoms with Gasteiger partial charge in [-0.2, -0.15) is 0 Å². The van der Waals surface area contributed by atoms with Gasteiger partial charge in [-0.1, -0.05) is 28.9 Å². The second-order valence-electron chi connectivity index (χ2n) is 4.37. The summed E-state index contributed by atoms with van der Waals surface area (Å²) in [5, 5.41) is 3.29. The highest BCUT2D eigenvalue weighted by Crippen LogP contribution is 2.34. The molecule has 1 aromatic heterocycles. The minimum Gasteiger partial charge on any atom is -0.313 e. The number of hydrogen-bond acceptors (Lipinski definition) is 2. The molecule has 0 amide bonds. The Hall–Kier alpha value is -0.640. The summed E-state index contributed by atoms with van der Waals surface area (Å²) in [7, 11) is 2.00. The smallest absolute Gasteiger partial charge is 0.0383 e. The van der Waals surface area contributed by atoms with Gasteiger partial charge in [0, 0.05) is 20.3 Å². The standard InChI is InChI=1S/C15H18BrNS/c1-4-11-9-12(16)5-6-13(11)15-8-7-14(18-15)10(2)17-3/h5-10,17H,4H2,1-3H3. The van der Waals surface area contributed by atoms with Crippen molar-refractivity contribution in [2.24, 2.45) is 0 Å². The van der Waals surface area contributed by atoms with E-state index in [1.54, 1.807) is 0 Å². The van der Waals surface area contributed by atoms with E-state index >= 15 is 0 Å². The molecule has 18 heavy (non-hydrogen) atoms. The van der Waals surface area contributed by atoms with Crippen LogP contribution in [0.25, 0.3) is 10.4 Å². The lowest BCUT2D eigenvalue weighted by molar-refractivity contribution is 0.664. The van der Waals surface area contributed by atoms with Crippen LogP contribution in [0.2, 0.25) is 0 Å². The van der Waals surface area contributed by atoms with Crippen molar-refractivity contribution in [3.05, 3.63) is 45.2 Å². The highest BCUT2D eigenvalue weighted by atomic mass is 79.9. The van der Waals surface area contributed by atoms with Gasteiger partial charge in [-0.15, -0.1) is 11.3 Å². The third-order valence-corrected chi connectivity index (χ3v) is 4.99. The molecule has 96 valence electrons. The van der Waals surface area contributed by atoms with E-state index in [0.717, 1.165) is 10.9 Å². The van der Waals surface area contributed by atoms with E-state index < -0.39 is 0 Å². The monoisotopic (exact) mass is 323 g/mol. The molecule has 0 fully saturated rings. The maximum absolute atomic E-state index is 3.54. The fourth-order valence-electron chi connectivity index (χ4n) is 1.97. The number of thiophene rings is 1. The molecule has 2 rings (SSSR count). The Kier molecular flexibility index (Phi) is 4.60. The van der Waals surface area contributed by atoms with E-state index in [1.165, 1.54) is 20.9 Å². The van der Waals surface area contributed by atoms with Crippen molar-refractivity contribution in [2.45, 2.75) is 26.3 Å².